The first-order valence-corrected chi connectivity index (χ1v) is 11.6. The molecule has 1 aliphatic heterocycles. The molecule has 1 N–H and O–H groups in total. The van der Waals surface area contributed by atoms with Crippen molar-refractivity contribution < 1.29 is 18.0 Å². The van der Waals surface area contributed by atoms with Crippen molar-refractivity contribution in [2.45, 2.75) is 65.0 Å². The van der Waals surface area contributed by atoms with Crippen LogP contribution < -0.4 is 5.32 Å². The van der Waals surface area contributed by atoms with E-state index in [4.69, 9.17) is 9.68 Å². The SMILES string of the molecule is Cc1cc(CN2CCN(C(=O)C3CCC(F)(F)C3)[C@@H](C)C2)c(C)c(Nc2nnc(CC#N)o2)c1. The quantitative estimate of drug-likeness (QED) is 0.679. The highest BCUT2D eigenvalue weighted by molar-refractivity contribution is 5.79. The minimum absolute atomic E-state index is 0.0323. The van der Waals surface area contributed by atoms with Crippen LogP contribution in [0.2, 0.25) is 0 Å². The summed E-state index contributed by atoms with van der Waals surface area (Å²) in [5.41, 5.74) is 4.11. The Hall–Kier alpha value is -3.06. The van der Waals surface area contributed by atoms with Crippen LogP contribution in [0.1, 0.15) is 48.8 Å². The molecule has 1 aromatic heterocycles. The molecule has 0 bridgehead atoms. The average molecular weight is 473 g/mol. The van der Waals surface area contributed by atoms with Crippen LogP contribution in [0, 0.1) is 31.1 Å². The number of aromatic nitrogens is 2. The van der Waals surface area contributed by atoms with E-state index in [9.17, 15) is 13.6 Å². The number of nitrogens with zero attached hydrogens (tertiary/aromatic N) is 5. The van der Waals surface area contributed by atoms with Crippen molar-refractivity contribution in [3.8, 4) is 6.07 Å². The van der Waals surface area contributed by atoms with Crippen LogP contribution in [0.3, 0.4) is 0 Å². The number of halogens is 2. The predicted molar refractivity (Wildman–Crippen MR) is 122 cm³/mol. The van der Waals surface area contributed by atoms with E-state index < -0.39 is 11.8 Å². The molecule has 0 spiro atoms. The van der Waals surface area contributed by atoms with Crippen molar-refractivity contribution in [1.29, 1.82) is 5.26 Å². The highest BCUT2D eigenvalue weighted by Crippen LogP contribution is 2.40. The smallest absolute Gasteiger partial charge is 0.320 e. The van der Waals surface area contributed by atoms with Crippen LogP contribution in [0.25, 0.3) is 0 Å². The second-order valence-electron chi connectivity index (χ2n) is 9.47. The van der Waals surface area contributed by atoms with Crippen molar-refractivity contribution in [2.75, 3.05) is 25.0 Å². The van der Waals surface area contributed by atoms with E-state index in [1.165, 1.54) is 0 Å². The van der Waals surface area contributed by atoms with Crippen molar-refractivity contribution in [3.63, 3.8) is 0 Å². The standard InChI is InChI=1S/C24H30F2N6O2/c1-15-10-19(17(3)20(11-15)28-23-30-29-21(34-23)5-7-27)14-31-8-9-32(16(2)13-31)22(33)18-4-6-24(25,26)12-18/h10-11,16,18H,4-6,8-9,12-14H2,1-3H3,(H,28,30)/t16-,18?/m0/s1. The number of amides is 1. The number of anilines is 2. The molecular weight excluding hydrogens is 442 g/mol. The molecule has 1 saturated heterocycles. The summed E-state index contributed by atoms with van der Waals surface area (Å²) in [6.45, 7) is 8.65. The van der Waals surface area contributed by atoms with Gasteiger partial charge in [0, 0.05) is 56.7 Å². The van der Waals surface area contributed by atoms with Gasteiger partial charge in [0.1, 0.15) is 6.42 Å². The summed E-state index contributed by atoms with van der Waals surface area (Å²) in [5.74, 6) is -3.13. The number of benzene rings is 1. The second-order valence-corrected chi connectivity index (χ2v) is 9.47. The minimum atomic E-state index is -2.71. The average Bonchev–Trinajstić information content (AvgIpc) is 3.37. The molecule has 2 aliphatic rings. The van der Waals surface area contributed by atoms with Gasteiger partial charge in [0.15, 0.2) is 0 Å². The van der Waals surface area contributed by atoms with E-state index in [1.54, 1.807) is 4.90 Å². The number of nitrogens with one attached hydrogen (secondary N) is 1. The molecule has 4 rings (SSSR count). The van der Waals surface area contributed by atoms with Gasteiger partial charge in [0.2, 0.25) is 17.7 Å². The summed E-state index contributed by atoms with van der Waals surface area (Å²) in [5, 5.41) is 19.7. The summed E-state index contributed by atoms with van der Waals surface area (Å²) in [7, 11) is 0. The first-order chi connectivity index (χ1) is 16.1. The number of hydrogen-bond donors (Lipinski definition) is 1. The van der Waals surface area contributed by atoms with E-state index >= 15 is 0 Å². The largest absolute Gasteiger partial charge is 0.407 e. The van der Waals surface area contributed by atoms with Gasteiger partial charge < -0.3 is 14.6 Å². The summed E-state index contributed by atoms with van der Waals surface area (Å²) < 4.78 is 32.6. The number of rotatable bonds is 6. The molecule has 8 nitrogen and oxygen atoms in total. The Labute approximate surface area is 197 Å². The van der Waals surface area contributed by atoms with Gasteiger partial charge in [0.25, 0.3) is 0 Å². The Morgan fingerprint density at radius 3 is 2.79 bits per heavy atom. The van der Waals surface area contributed by atoms with Crippen molar-refractivity contribution >= 4 is 17.6 Å². The Kier molecular flexibility index (Phi) is 6.84. The van der Waals surface area contributed by atoms with E-state index in [0.717, 1.165) is 22.4 Å². The topological polar surface area (TPSA) is 98.3 Å². The molecule has 1 aromatic carbocycles. The zero-order chi connectivity index (χ0) is 24.5. The second kappa shape index (κ2) is 9.66. The lowest BCUT2D eigenvalue weighted by Crippen LogP contribution is -2.54. The highest BCUT2D eigenvalue weighted by Gasteiger charge is 2.44. The monoisotopic (exact) mass is 472 g/mol. The molecular formula is C24H30F2N6O2. The number of hydrogen-bond acceptors (Lipinski definition) is 7. The van der Waals surface area contributed by atoms with Crippen LogP contribution in [0.5, 0.6) is 0 Å². The third-order valence-corrected chi connectivity index (χ3v) is 6.74. The lowest BCUT2D eigenvalue weighted by atomic mass is 10.0. The number of piperazine rings is 1. The van der Waals surface area contributed by atoms with Gasteiger partial charge in [-0.3, -0.25) is 9.69 Å². The maximum absolute atomic E-state index is 13.6. The molecule has 2 aromatic rings. The van der Waals surface area contributed by atoms with Gasteiger partial charge in [-0.05, 0) is 49.9 Å². The third-order valence-electron chi connectivity index (χ3n) is 6.74. The Morgan fingerprint density at radius 1 is 1.32 bits per heavy atom. The molecule has 182 valence electrons. The maximum atomic E-state index is 13.6. The summed E-state index contributed by atoms with van der Waals surface area (Å²) in [6.07, 6.45) is -0.184. The first-order valence-electron chi connectivity index (χ1n) is 11.6. The van der Waals surface area contributed by atoms with Crippen LogP contribution in [-0.4, -0.2) is 57.5 Å². The fourth-order valence-corrected chi connectivity index (χ4v) is 4.93. The Bertz CT molecular complexity index is 1100. The molecule has 2 atom stereocenters. The molecule has 0 radical (unpaired) electrons. The van der Waals surface area contributed by atoms with Crippen LogP contribution in [0.15, 0.2) is 16.5 Å². The lowest BCUT2D eigenvalue weighted by Gasteiger charge is -2.41. The number of carbonyl (C=O) groups is 1. The minimum Gasteiger partial charge on any atom is -0.407 e. The number of carbonyl (C=O) groups excluding carboxylic acids is 1. The van der Waals surface area contributed by atoms with Gasteiger partial charge in [0.05, 0.1) is 6.07 Å². The van der Waals surface area contributed by atoms with Crippen LogP contribution in [0.4, 0.5) is 20.5 Å². The Morgan fingerprint density at radius 2 is 2.12 bits per heavy atom. The molecule has 2 heterocycles. The van der Waals surface area contributed by atoms with Gasteiger partial charge >= 0.3 is 6.01 Å². The molecule has 2 fully saturated rings. The number of alkyl halides is 2. The van der Waals surface area contributed by atoms with Gasteiger partial charge in [-0.2, -0.15) is 5.26 Å². The molecule has 1 amide bonds. The van der Waals surface area contributed by atoms with Crippen molar-refractivity contribution in [2.24, 2.45) is 5.92 Å². The normalized spacial score (nSPS) is 22.5. The summed E-state index contributed by atoms with van der Waals surface area (Å²) in [4.78, 5) is 16.9. The van der Waals surface area contributed by atoms with Crippen LogP contribution in [-0.2, 0) is 17.8 Å². The third kappa shape index (κ3) is 5.36. The summed E-state index contributed by atoms with van der Waals surface area (Å²) >= 11 is 0. The van der Waals surface area contributed by atoms with Gasteiger partial charge in [-0.15, -0.1) is 5.10 Å². The van der Waals surface area contributed by atoms with E-state index in [2.05, 4.69) is 26.5 Å². The Balaban J connectivity index is 1.40. The molecule has 1 unspecified atom stereocenters. The maximum Gasteiger partial charge on any atom is 0.320 e. The van der Waals surface area contributed by atoms with Gasteiger partial charge in [-0.25, -0.2) is 8.78 Å². The first kappa shape index (κ1) is 24.1. The number of aryl methyl sites for hydroxylation is 1. The zero-order valence-electron chi connectivity index (χ0n) is 19.8. The van der Waals surface area contributed by atoms with Crippen LogP contribution >= 0.6 is 0 Å². The molecule has 34 heavy (non-hydrogen) atoms. The summed E-state index contributed by atoms with van der Waals surface area (Å²) in [6, 6.07) is 6.33. The van der Waals surface area contributed by atoms with Crippen molar-refractivity contribution in [1.82, 2.24) is 20.0 Å². The zero-order valence-corrected chi connectivity index (χ0v) is 19.8. The van der Waals surface area contributed by atoms with Gasteiger partial charge in [-0.1, -0.05) is 11.2 Å². The van der Waals surface area contributed by atoms with E-state index in [1.807, 2.05) is 32.9 Å². The van der Waals surface area contributed by atoms with E-state index in [0.29, 0.717) is 26.2 Å². The molecule has 10 heteroatoms. The molecule has 1 aliphatic carbocycles. The highest BCUT2D eigenvalue weighted by atomic mass is 19.3. The molecule has 1 saturated carbocycles. The van der Waals surface area contributed by atoms with E-state index in [-0.39, 0.29) is 49.5 Å². The number of nitriles is 1. The lowest BCUT2D eigenvalue weighted by molar-refractivity contribution is -0.141. The fraction of sp³-hybridized carbons (Fsp3) is 0.583. The fourth-order valence-electron chi connectivity index (χ4n) is 4.93. The predicted octanol–water partition coefficient (Wildman–Crippen LogP) is 3.96. The van der Waals surface area contributed by atoms with Crippen molar-refractivity contribution in [3.05, 3.63) is 34.7 Å².